The SMILES string of the molecule is C[N+]1(C)CCCCC12CCN(C(=O)c1cccc(Br)c1)CC2. The predicted molar refractivity (Wildman–Crippen MR) is 92.8 cm³/mol. The molecule has 0 saturated carbocycles. The molecular formula is C18H26BrN2O+. The summed E-state index contributed by atoms with van der Waals surface area (Å²) >= 11 is 3.45. The lowest BCUT2D eigenvalue weighted by molar-refractivity contribution is -0.949. The number of halogens is 1. The molecule has 1 aromatic rings. The second-order valence-corrected chi connectivity index (χ2v) is 8.31. The van der Waals surface area contributed by atoms with Crippen molar-refractivity contribution in [2.24, 2.45) is 0 Å². The van der Waals surface area contributed by atoms with Crippen LogP contribution in [0.25, 0.3) is 0 Å². The zero-order valence-corrected chi connectivity index (χ0v) is 15.2. The molecule has 2 aliphatic rings. The molecule has 1 spiro atoms. The highest BCUT2D eigenvalue weighted by atomic mass is 79.9. The molecule has 4 heteroatoms. The Hall–Kier alpha value is -0.870. The highest BCUT2D eigenvalue weighted by molar-refractivity contribution is 9.10. The van der Waals surface area contributed by atoms with Gasteiger partial charge in [0.25, 0.3) is 5.91 Å². The van der Waals surface area contributed by atoms with E-state index in [-0.39, 0.29) is 5.91 Å². The summed E-state index contributed by atoms with van der Waals surface area (Å²) in [4.78, 5) is 14.7. The molecule has 0 atom stereocenters. The summed E-state index contributed by atoms with van der Waals surface area (Å²) < 4.78 is 2.10. The lowest BCUT2D eigenvalue weighted by atomic mass is 9.77. The lowest BCUT2D eigenvalue weighted by Gasteiger charge is -2.55. The van der Waals surface area contributed by atoms with Crippen LogP contribution in [-0.2, 0) is 0 Å². The van der Waals surface area contributed by atoms with Crippen molar-refractivity contribution < 1.29 is 9.28 Å². The molecular weight excluding hydrogens is 340 g/mol. The van der Waals surface area contributed by atoms with Gasteiger partial charge >= 0.3 is 0 Å². The fourth-order valence-corrected chi connectivity index (χ4v) is 4.69. The van der Waals surface area contributed by atoms with Crippen LogP contribution in [0.1, 0.15) is 42.5 Å². The Bertz CT molecular complexity index is 562. The first kappa shape index (κ1) is 16.0. The fraction of sp³-hybridized carbons (Fsp3) is 0.611. The Balaban J connectivity index is 1.70. The molecule has 2 fully saturated rings. The predicted octanol–water partition coefficient (Wildman–Crippen LogP) is 3.68. The normalized spacial score (nSPS) is 23.5. The first-order valence-electron chi connectivity index (χ1n) is 8.32. The number of rotatable bonds is 1. The average Bonchev–Trinajstić information content (AvgIpc) is 2.50. The van der Waals surface area contributed by atoms with Gasteiger partial charge < -0.3 is 9.38 Å². The minimum atomic E-state index is 0.178. The maximum Gasteiger partial charge on any atom is 0.253 e. The molecule has 1 amide bonds. The Labute approximate surface area is 142 Å². The van der Waals surface area contributed by atoms with Crippen LogP contribution in [0, 0.1) is 0 Å². The summed E-state index contributed by atoms with van der Waals surface area (Å²) in [6, 6.07) is 7.74. The minimum Gasteiger partial charge on any atom is -0.338 e. The van der Waals surface area contributed by atoms with E-state index in [1.807, 2.05) is 29.2 Å². The van der Waals surface area contributed by atoms with Crippen molar-refractivity contribution in [3.8, 4) is 0 Å². The van der Waals surface area contributed by atoms with Crippen LogP contribution in [0.5, 0.6) is 0 Å². The lowest BCUT2D eigenvalue weighted by Crippen LogP contribution is -2.65. The zero-order valence-electron chi connectivity index (χ0n) is 13.6. The summed E-state index contributed by atoms with van der Waals surface area (Å²) in [5.74, 6) is 0.178. The van der Waals surface area contributed by atoms with E-state index in [2.05, 4.69) is 30.0 Å². The molecule has 0 radical (unpaired) electrons. The number of carbonyl (C=O) groups excluding carboxylic acids is 1. The third-order valence-electron chi connectivity index (χ3n) is 5.95. The molecule has 0 bridgehead atoms. The summed E-state index contributed by atoms with van der Waals surface area (Å²) in [5.41, 5.74) is 1.19. The zero-order chi connectivity index (χ0) is 15.8. The molecule has 0 aromatic heterocycles. The molecule has 0 aliphatic carbocycles. The second-order valence-electron chi connectivity index (χ2n) is 7.39. The van der Waals surface area contributed by atoms with Crippen molar-refractivity contribution in [3.05, 3.63) is 34.3 Å². The number of benzene rings is 1. The summed E-state index contributed by atoms with van der Waals surface area (Å²) in [6.07, 6.45) is 6.29. The third kappa shape index (κ3) is 2.83. The summed E-state index contributed by atoms with van der Waals surface area (Å²) in [7, 11) is 4.76. The van der Waals surface area contributed by atoms with E-state index < -0.39 is 0 Å². The van der Waals surface area contributed by atoms with E-state index in [1.54, 1.807) is 0 Å². The van der Waals surface area contributed by atoms with Crippen LogP contribution in [0.2, 0.25) is 0 Å². The number of nitrogens with zero attached hydrogens (tertiary/aromatic N) is 2. The van der Waals surface area contributed by atoms with Gasteiger partial charge in [0.15, 0.2) is 0 Å². The number of quaternary nitrogens is 1. The monoisotopic (exact) mass is 365 g/mol. The van der Waals surface area contributed by atoms with Crippen LogP contribution in [0.4, 0.5) is 0 Å². The van der Waals surface area contributed by atoms with Crippen molar-refractivity contribution >= 4 is 21.8 Å². The molecule has 0 N–H and O–H groups in total. The molecule has 0 unspecified atom stereocenters. The first-order chi connectivity index (χ1) is 10.4. The smallest absolute Gasteiger partial charge is 0.253 e. The van der Waals surface area contributed by atoms with Gasteiger partial charge in [-0.1, -0.05) is 22.0 Å². The first-order valence-corrected chi connectivity index (χ1v) is 9.11. The van der Waals surface area contributed by atoms with Crippen molar-refractivity contribution in [2.75, 3.05) is 33.7 Å². The Morgan fingerprint density at radius 3 is 2.55 bits per heavy atom. The van der Waals surface area contributed by atoms with Gasteiger partial charge in [-0.3, -0.25) is 4.79 Å². The maximum absolute atomic E-state index is 12.7. The molecule has 3 rings (SSSR count). The van der Waals surface area contributed by atoms with Gasteiger partial charge in [0.1, 0.15) is 5.54 Å². The van der Waals surface area contributed by atoms with Gasteiger partial charge in [-0.2, -0.15) is 0 Å². The molecule has 120 valence electrons. The van der Waals surface area contributed by atoms with E-state index in [4.69, 9.17) is 0 Å². The van der Waals surface area contributed by atoms with Crippen LogP contribution < -0.4 is 0 Å². The number of amides is 1. The maximum atomic E-state index is 12.7. The molecule has 22 heavy (non-hydrogen) atoms. The summed E-state index contributed by atoms with van der Waals surface area (Å²) in [6.45, 7) is 3.07. The minimum absolute atomic E-state index is 0.178. The highest BCUT2D eigenvalue weighted by Gasteiger charge is 2.49. The largest absolute Gasteiger partial charge is 0.338 e. The third-order valence-corrected chi connectivity index (χ3v) is 6.44. The van der Waals surface area contributed by atoms with Crippen LogP contribution in [-0.4, -0.2) is 54.6 Å². The van der Waals surface area contributed by atoms with E-state index in [9.17, 15) is 4.79 Å². The second kappa shape index (κ2) is 5.97. The van der Waals surface area contributed by atoms with Gasteiger partial charge in [0, 0.05) is 42.4 Å². The van der Waals surface area contributed by atoms with Gasteiger partial charge in [-0.05, 0) is 31.0 Å². The van der Waals surface area contributed by atoms with Crippen molar-refractivity contribution in [1.29, 1.82) is 0 Å². The fourth-order valence-electron chi connectivity index (χ4n) is 4.29. The molecule has 2 saturated heterocycles. The van der Waals surface area contributed by atoms with Crippen molar-refractivity contribution in [3.63, 3.8) is 0 Å². The van der Waals surface area contributed by atoms with Crippen LogP contribution >= 0.6 is 15.9 Å². The van der Waals surface area contributed by atoms with Gasteiger partial charge in [-0.15, -0.1) is 0 Å². The molecule has 3 nitrogen and oxygen atoms in total. The van der Waals surface area contributed by atoms with E-state index in [0.29, 0.717) is 5.54 Å². The topological polar surface area (TPSA) is 20.3 Å². The van der Waals surface area contributed by atoms with E-state index in [0.717, 1.165) is 40.5 Å². The molecule has 2 aliphatic heterocycles. The number of piperidine rings is 2. The van der Waals surface area contributed by atoms with Gasteiger partial charge in [-0.25, -0.2) is 0 Å². The van der Waals surface area contributed by atoms with E-state index >= 15 is 0 Å². The summed E-state index contributed by atoms with van der Waals surface area (Å²) in [5, 5.41) is 0. The standard InChI is InChI=1S/C18H26BrN2O/c1-21(2)13-4-3-8-18(21)9-11-20(12-10-18)17(22)15-6-5-7-16(19)14-15/h5-7,14H,3-4,8-13H2,1-2H3/q+1. The van der Waals surface area contributed by atoms with Crippen LogP contribution in [0.15, 0.2) is 28.7 Å². The Morgan fingerprint density at radius 2 is 1.91 bits per heavy atom. The van der Waals surface area contributed by atoms with Gasteiger partial charge in [0.2, 0.25) is 0 Å². The molecule has 1 aromatic carbocycles. The number of hydrogen-bond acceptors (Lipinski definition) is 1. The average molecular weight is 366 g/mol. The van der Waals surface area contributed by atoms with E-state index in [1.165, 1.54) is 25.8 Å². The Morgan fingerprint density at radius 1 is 1.18 bits per heavy atom. The van der Waals surface area contributed by atoms with Crippen molar-refractivity contribution in [1.82, 2.24) is 4.90 Å². The highest BCUT2D eigenvalue weighted by Crippen LogP contribution is 2.40. The Kier molecular flexibility index (Phi) is 4.34. The quantitative estimate of drug-likeness (QED) is 0.695. The number of likely N-dealkylation sites (tertiary alicyclic amines) is 2. The number of carbonyl (C=O) groups is 1. The van der Waals surface area contributed by atoms with Crippen molar-refractivity contribution in [2.45, 2.75) is 37.6 Å². The van der Waals surface area contributed by atoms with Crippen LogP contribution in [0.3, 0.4) is 0 Å². The molecule has 2 heterocycles. The van der Waals surface area contributed by atoms with Gasteiger partial charge in [0.05, 0.1) is 20.6 Å². The number of hydrogen-bond donors (Lipinski definition) is 0.